The monoisotopic (exact) mass is 553 g/mol. The summed E-state index contributed by atoms with van der Waals surface area (Å²) >= 11 is 0. The van der Waals surface area contributed by atoms with E-state index in [0.717, 1.165) is 34.6 Å². The first kappa shape index (κ1) is 28.1. The summed E-state index contributed by atoms with van der Waals surface area (Å²) in [5, 5.41) is 18.7. The SMILES string of the molecule is Cc1cnc([C@@H]2CO[C@H](CCc3ccccc3NC(=O)[C@@H](NC(=O)O)C(c3ccccc3)c3ccccc3)CN2)[nH]1. The molecule has 5 N–H and O–H groups in total. The molecule has 2 heterocycles. The summed E-state index contributed by atoms with van der Waals surface area (Å²) in [4.78, 5) is 33.3. The van der Waals surface area contributed by atoms with E-state index in [1.54, 1.807) is 0 Å². The molecule has 1 aliphatic heterocycles. The molecule has 0 spiro atoms. The van der Waals surface area contributed by atoms with Crippen molar-refractivity contribution < 1.29 is 19.4 Å². The second-order valence-electron chi connectivity index (χ2n) is 10.3. The lowest BCUT2D eigenvalue weighted by atomic mass is 9.84. The summed E-state index contributed by atoms with van der Waals surface area (Å²) in [7, 11) is 0. The number of aromatic nitrogens is 2. The average molecular weight is 554 g/mol. The minimum atomic E-state index is -1.26. The standard InChI is InChI=1S/C32H35N5O4/c1-21-18-34-30(35-21)27-20-41-25(19-33-27)17-16-22-10-8-9-15-26(22)36-31(38)29(37-32(39)40)28(23-11-4-2-5-12-23)24-13-6-3-7-14-24/h2-15,18,25,27-29,33,37H,16-17,19-20H2,1H3,(H,34,35)(H,36,38)(H,39,40)/t25-,27+,29+/m1/s1. The summed E-state index contributed by atoms with van der Waals surface area (Å²) in [6.45, 7) is 3.20. The predicted octanol–water partition coefficient (Wildman–Crippen LogP) is 4.79. The van der Waals surface area contributed by atoms with Gasteiger partial charge >= 0.3 is 6.09 Å². The van der Waals surface area contributed by atoms with Gasteiger partial charge in [0.05, 0.1) is 18.8 Å². The van der Waals surface area contributed by atoms with E-state index in [-0.39, 0.29) is 12.1 Å². The van der Waals surface area contributed by atoms with Crippen molar-refractivity contribution in [2.75, 3.05) is 18.5 Å². The summed E-state index contributed by atoms with van der Waals surface area (Å²) < 4.78 is 6.12. The number of benzene rings is 3. The van der Waals surface area contributed by atoms with Crippen molar-refractivity contribution in [3.05, 3.63) is 119 Å². The number of para-hydroxylation sites is 1. The lowest BCUT2D eigenvalue weighted by molar-refractivity contribution is -0.118. The summed E-state index contributed by atoms with van der Waals surface area (Å²) in [5.41, 5.74) is 4.31. The van der Waals surface area contributed by atoms with Crippen LogP contribution in [0.25, 0.3) is 0 Å². The Kier molecular flexibility index (Phi) is 9.08. The number of carbonyl (C=O) groups excluding carboxylic acids is 1. The Bertz CT molecular complexity index is 1400. The van der Waals surface area contributed by atoms with Crippen molar-refractivity contribution in [1.29, 1.82) is 0 Å². The number of ether oxygens (including phenoxy) is 1. The number of rotatable bonds is 10. The van der Waals surface area contributed by atoms with Crippen LogP contribution >= 0.6 is 0 Å². The van der Waals surface area contributed by atoms with Crippen LogP contribution in [0, 0.1) is 6.92 Å². The molecule has 3 atom stereocenters. The third kappa shape index (κ3) is 7.19. The highest BCUT2D eigenvalue weighted by molar-refractivity contribution is 5.98. The van der Waals surface area contributed by atoms with Gasteiger partial charge in [-0.1, -0.05) is 78.9 Å². The van der Waals surface area contributed by atoms with Crippen LogP contribution in [0.4, 0.5) is 10.5 Å². The normalized spacial score (nSPS) is 17.6. The highest BCUT2D eigenvalue weighted by Gasteiger charge is 2.33. The number of imidazole rings is 1. The first-order valence-corrected chi connectivity index (χ1v) is 13.8. The predicted molar refractivity (Wildman–Crippen MR) is 157 cm³/mol. The quantitative estimate of drug-likeness (QED) is 0.192. The molecular formula is C32H35N5O4. The molecule has 9 heteroatoms. The Balaban J connectivity index is 1.29. The fourth-order valence-electron chi connectivity index (χ4n) is 5.31. The maximum atomic E-state index is 13.8. The fourth-order valence-corrected chi connectivity index (χ4v) is 5.31. The van der Waals surface area contributed by atoms with E-state index in [4.69, 9.17) is 4.74 Å². The first-order chi connectivity index (χ1) is 20.0. The second-order valence-corrected chi connectivity index (χ2v) is 10.3. The van der Waals surface area contributed by atoms with Crippen LogP contribution in [0.5, 0.6) is 0 Å². The van der Waals surface area contributed by atoms with Crippen LogP contribution in [-0.2, 0) is 16.0 Å². The summed E-state index contributed by atoms with van der Waals surface area (Å²) in [6, 6.07) is 25.6. The number of amides is 2. The molecule has 9 nitrogen and oxygen atoms in total. The van der Waals surface area contributed by atoms with Gasteiger partial charge in [-0.3, -0.25) is 4.79 Å². The van der Waals surface area contributed by atoms with Crippen molar-refractivity contribution >= 4 is 17.7 Å². The number of nitrogens with one attached hydrogen (secondary N) is 4. The maximum absolute atomic E-state index is 13.8. The Morgan fingerprint density at radius 1 is 1.00 bits per heavy atom. The molecule has 1 aliphatic rings. The minimum Gasteiger partial charge on any atom is -0.465 e. The van der Waals surface area contributed by atoms with E-state index in [2.05, 4.69) is 25.9 Å². The molecular weight excluding hydrogens is 518 g/mol. The zero-order chi connectivity index (χ0) is 28.6. The Hall–Kier alpha value is -4.47. The van der Waals surface area contributed by atoms with Crippen LogP contribution in [-0.4, -0.2) is 52.4 Å². The molecule has 2 amide bonds. The van der Waals surface area contributed by atoms with Crippen LogP contribution in [0.3, 0.4) is 0 Å². The van der Waals surface area contributed by atoms with Gasteiger partial charge < -0.3 is 30.8 Å². The van der Waals surface area contributed by atoms with Crippen LogP contribution < -0.4 is 16.0 Å². The van der Waals surface area contributed by atoms with Crippen molar-refractivity contribution in [3.63, 3.8) is 0 Å². The molecule has 0 aliphatic carbocycles. The average Bonchev–Trinajstić information content (AvgIpc) is 3.43. The molecule has 0 unspecified atom stereocenters. The maximum Gasteiger partial charge on any atom is 0.405 e. The van der Waals surface area contributed by atoms with Crippen LogP contribution in [0.15, 0.2) is 91.1 Å². The van der Waals surface area contributed by atoms with E-state index in [1.165, 1.54) is 0 Å². The lowest BCUT2D eigenvalue weighted by Gasteiger charge is -2.30. The Morgan fingerprint density at radius 2 is 1.66 bits per heavy atom. The summed E-state index contributed by atoms with van der Waals surface area (Å²) in [5.74, 6) is -0.0687. The number of carbonyl (C=O) groups is 2. The number of aryl methyl sites for hydroxylation is 2. The molecule has 0 bridgehead atoms. The number of anilines is 1. The lowest BCUT2D eigenvalue weighted by Crippen LogP contribution is -2.47. The highest BCUT2D eigenvalue weighted by atomic mass is 16.5. The van der Waals surface area contributed by atoms with Crippen molar-refractivity contribution in [2.24, 2.45) is 0 Å². The molecule has 0 saturated carbocycles. The topological polar surface area (TPSA) is 128 Å². The summed E-state index contributed by atoms with van der Waals surface area (Å²) in [6.07, 6.45) is 2.02. The number of H-pyrrole nitrogens is 1. The number of hydrogen-bond acceptors (Lipinski definition) is 5. The third-order valence-electron chi connectivity index (χ3n) is 7.37. The molecule has 0 radical (unpaired) electrons. The molecule has 1 saturated heterocycles. The van der Waals surface area contributed by atoms with Gasteiger partial charge in [0.1, 0.15) is 11.9 Å². The van der Waals surface area contributed by atoms with E-state index in [9.17, 15) is 14.7 Å². The molecule has 1 aromatic heterocycles. The molecule has 41 heavy (non-hydrogen) atoms. The third-order valence-corrected chi connectivity index (χ3v) is 7.37. The first-order valence-electron chi connectivity index (χ1n) is 13.8. The molecule has 5 rings (SSSR count). The van der Waals surface area contributed by atoms with Crippen molar-refractivity contribution in [1.82, 2.24) is 20.6 Å². The molecule has 212 valence electrons. The van der Waals surface area contributed by atoms with E-state index in [1.807, 2.05) is 98.0 Å². The molecule has 3 aromatic carbocycles. The van der Waals surface area contributed by atoms with Gasteiger partial charge in [-0.2, -0.15) is 0 Å². The number of hydrogen-bond donors (Lipinski definition) is 5. The van der Waals surface area contributed by atoms with Crippen molar-refractivity contribution in [3.8, 4) is 0 Å². The van der Waals surface area contributed by atoms with E-state index in [0.29, 0.717) is 25.3 Å². The second kappa shape index (κ2) is 13.3. The number of morpholine rings is 1. The van der Waals surface area contributed by atoms with E-state index < -0.39 is 24.0 Å². The van der Waals surface area contributed by atoms with Crippen LogP contribution in [0.1, 0.15) is 46.6 Å². The van der Waals surface area contributed by atoms with Gasteiger partial charge in [0.2, 0.25) is 5.91 Å². The van der Waals surface area contributed by atoms with Crippen LogP contribution in [0.2, 0.25) is 0 Å². The fraction of sp³-hybridized carbons (Fsp3) is 0.281. The van der Waals surface area contributed by atoms with Gasteiger partial charge in [-0.15, -0.1) is 0 Å². The largest absolute Gasteiger partial charge is 0.465 e. The number of nitrogens with zero attached hydrogens (tertiary/aromatic N) is 1. The zero-order valence-electron chi connectivity index (χ0n) is 22.9. The number of aromatic amines is 1. The molecule has 1 fully saturated rings. The molecule has 4 aromatic rings. The highest BCUT2D eigenvalue weighted by Crippen LogP contribution is 2.30. The van der Waals surface area contributed by atoms with E-state index >= 15 is 0 Å². The van der Waals surface area contributed by atoms with Gasteiger partial charge in [0.25, 0.3) is 0 Å². The van der Waals surface area contributed by atoms with Gasteiger partial charge in [-0.05, 0) is 42.5 Å². The van der Waals surface area contributed by atoms with Gasteiger partial charge in [0.15, 0.2) is 0 Å². The van der Waals surface area contributed by atoms with Gasteiger partial charge in [-0.25, -0.2) is 9.78 Å². The zero-order valence-corrected chi connectivity index (χ0v) is 22.9. The minimum absolute atomic E-state index is 0.0213. The number of carboxylic acid groups (broad SMARTS) is 1. The smallest absolute Gasteiger partial charge is 0.405 e. The Labute approximate surface area is 239 Å². The van der Waals surface area contributed by atoms with Crippen molar-refractivity contribution in [2.45, 2.75) is 43.9 Å². The van der Waals surface area contributed by atoms with Gasteiger partial charge in [0, 0.05) is 30.0 Å². The Morgan fingerprint density at radius 3 is 2.24 bits per heavy atom.